The van der Waals surface area contributed by atoms with Crippen LogP contribution >= 0.6 is 0 Å². The number of aryl methyl sites for hydroxylation is 1. The van der Waals surface area contributed by atoms with E-state index >= 15 is 0 Å². The smallest absolute Gasteiger partial charge is 0.405 e. The van der Waals surface area contributed by atoms with Crippen LogP contribution in [-0.4, -0.2) is 44.6 Å². The van der Waals surface area contributed by atoms with E-state index in [-0.39, 0.29) is 11.4 Å². The number of hydrogen-bond acceptors (Lipinski definition) is 6. The Kier molecular flexibility index (Phi) is 6.10. The maximum absolute atomic E-state index is 12.5. The van der Waals surface area contributed by atoms with Crippen molar-refractivity contribution in [3.8, 4) is 17.3 Å². The number of alkyl halides is 3. The number of aliphatic imine (C=N–C) groups is 1. The highest BCUT2D eigenvalue weighted by Gasteiger charge is 2.28. The first-order valence-corrected chi connectivity index (χ1v) is 10.3. The fourth-order valence-electron chi connectivity index (χ4n) is 3.45. The highest BCUT2D eigenvalue weighted by Crippen LogP contribution is 2.31. The quantitative estimate of drug-likeness (QED) is 0.340. The lowest BCUT2D eigenvalue weighted by atomic mass is 10.0. The summed E-state index contributed by atoms with van der Waals surface area (Å²) < 4.78 is 42.5. The van der Waals surface area contributed by atoms with Gasteiger partial charge >= 0.3 is 6.18 Å². The number of aromatic hydroxyl groups is 1. The molecule has 0 spiro atoms. The Labute approximate surface area is 191 Å². The number of rotatable bonds is 6. The lowest BCUT2D eigenvalue weighted by Crippen LogP contribution is -2.33. The van der Waals surface area contributed by atoms with E-state index in [2.05, 4.69) is 20.1 Å². The Morgan fingerprint density at radius 2 is 1.94 bits per heavy atom. The van der Waals surface area contributed by atoms with Crippen molar-refractivity contribution in [1.29, 1.82) is 0 Å². The van der Waals surface area contributed by atoms with E-state index in [0.29, 0.717) is 46.0 Å². The van der Waals surface area contributed by atoms with Crippen LogP contribution in [0.25, 0.3) is 22.4 Å². The minimum absolute atomic E-state index is 0.0339. The fourth-order valence-corrected chi connectivity index (χ4v) is 3.45. The molecule has 8 nitrogen and oxygen atoms in total. The number of halogens is 3. The van der Waals surface area contributed by atoms with Crippen molar-refractivity contribution >= 4 is 28.2 Å². The molecule has 0 aliphatic heterocycles. The Morgan fingerprint density at radius 1 is 1.21 bits per heavy atom. The number of aromatic amines is 1. The van der Waals surface area contributed by atoms with E-state index in [9.17, 15) is 23.1 Å². The van der Waals surface area contributed by atoms with Crippen LogP contribution in [-0.2, 0) is 0 Å². The Balaban J connectivity index is 1.67. The molecular formula is C23H20F3N5O3. The third kappa shape index (κ3) is 4.92. The fraction of sp³-hybridized carbons (Fsp3) is 0.217. The third-order valence-electron chi connectivity index (χ3n) is 5.02. The first kappa shape index (κ1) is 23.0. The highest BCUT2D eigenvalue weighted by atomic mass is 19.4. The van der Waals surface area contributed by atoms with E-state index in [0.717, 1.165) is 5.56 Å². The third-order valence-corrected chi connectivity index (χ3v) is 5.02. The van der Waals surface area contributed by atoms with Gasteiger partial charge in [0.25, 0.3) is 11.8 Å². The van der Waals surface area contributed by atoms with Crippen LogP contribution in [0.2, 0.25) is 0 Å². The average Bonchev–Trinajstić information content (AvgIpc) is 3.37. The molecule has 4 rings (SSSR count). The molecule has 0 unspecified atom stereocenters. The molecule has 2 heterocycles. The maximum Gasteiger partial charge on any atom is 0.405 e. The molecule has 3 N–H and O–H groups in total. The zero-order chi connectivity index (χ0) is 24.5. The van der Waals surface area contributed by atoms with Crippen LogP contribution in [0.1, 0.15) is 35.1 Å². The summed E-state index contributed by atoms with van der Waals surface area (Å²) in [6, 6.07) is 11.4. The summed E-state index contributed by atoms with van der Waals surface area (Å²) in [6.07, 6.45) is -4.08. The molecule has 0 aliphatic rings. The molecule has 0 saturated heterocycles. The van der Waals surface area contributed by atoms with Gasteiger partial charge in [0.2, 0.25) is 0 Å². The van der Waals surface area contributed by atoms with E-state index in [1.807, 2.05) is 12.2 Å². The Morgan fingerprint density at radius 3 is 2.56 bits per heavy atom. The second-order valence-electron chi connectivity index (χ2n) is 7.51. The van der Waals surface area contributed by atoms with Crippen molar-refractivity contribution in [3.63, 3.8) is 0 Å². The minimum Gasteiger partial charge on any atom is -0.494 e. The molecule has 1 amide bonds. The van der Waals surface area contributed by atoms with Crippen molar-refractivity contribution in [2.75, 3.05) is 6.54 Å². The standard InChI is InChI=1S/C23H20F3N5O3/c1-3-17(29-15-7-4-13(5-8-15)22-28-12(2)31-34-22)19-16-10-14(6-9-18(16)30-21(19)33)20(32)27-11-23(24,25)26/h4-10,30,33H,3,11H2,1-2H3,(H,27,32). The van der Waals surface area contributed by atoms with Gasteiger partial charge in [0.05, 0.1) is 17.0 Å². The highest BCUT2D eigenvalue weighted by molar-refractivity contribution is 6.14. The second-order valence-corrected chi connectivity index (χ2v) is 7.51. The SMILES string of the molecule is CCC(=Nc1ccc(-c2nc(C)no2)cc1)c1c(O)[nH]c2ccc(C(=O)NCC(F)(F)F)cc12. The zero-order valence-corrected chi connectivity index (χ0v) is 18.2. The van der Waals surface area contributed by atoms with Gasteiger partial charge in [-0.1, -0.05) is 12.1 Å². The molecule has 176 valence electrons. The van der Waals surface area contributed by atoms with Crippen molar-refractivity contribution in [1.82, 2.24) is 20.4 Å². The normalized spacial score (nSPS) is 12.3. The summed E-state index contributed by atoms with van der Waals surface area (Å²) >= 11 is 0. The predicted octanol–water partition coefficient (Wildman–Crippen LogP) is 5.05. The van der Waals surface area contributed by atoms with Gasteiger partial charge in [-0.25, -0.2) is 0 Å². The molecule has 0 saturated carbocycles. The maximum atomic E-state index is 12.5. The molecule has 2 aromatic carbocycles. The predicted molar refractivity (Wildman–Crippen MR) is 119 cm³/mol. The number of H-pyrrole nitrogens is 1. The number of nitrogens with one attached hydrogen (secondary N) is 2. The molecule has 0 aliphatic carbocycles. The van der Waals surface area contributed by atoms with Crippen molar-refractivity contribution in [3.05, 3.63) is 59.4 Å². The van der Waals surface area contributed by atoms with Gasteiger partial charge in [0, 0.05) is 22.0 Å². The monoisotopic (exact) mass is 471 g/mol. The van der Waals surface area contributed by atoms with Crippen LogP contribution in [0.4, 0.5) is 18.9 Å². The molecule has 0 fully saturated rings. The van der Waals surface area contributed by atoms with E-state index < -0.39 is 18.6 Å². The molecule has 0 atom stereocenters. The summed E-state index contributed by atoms with van der Waals surface area (Å²) in [5.74, 6) is -0.116. The first-order valence-electron chi connectivity index (χ1n) is 10.3. The number of fused-ring (bicyclic) bond motifs is 1. The number of aromatic nitrogens is 3. The molecule has 0 bridgehead atoms. The number of carbonyl (C=O) groups is 1. The molecule has 4 aromatic rings. The van der Waals surface area contributed by atoms with Gasteiger partial charge in [0.1, 0.15) is 6.54 Å². The number of amides is 1. The van der Waals surface area contributed by atoms with Crippen LogP contribution in [0.15, 0.2) is 52.0 Å². The molecular weight excluding hydrogens is 451 g/mol. The van der Waals surface area contributed by atoms with Crippen molar-refractivity contribution in [2.24, 2.45) is 4.99 Å². The summed E-state index contributed by atoms with van der Waals surface area (Å²) in [5.41, 5.74) is 2.78. The van der Waals surface area contributed by atoms with Gasteiger partial charge < -0.3 is 19.9 Å². The van der Waals surface area contributed by atoms with Crippen LogP contribution in [0, 0.1) is 6.92 Å². The van der Waals surface area contributed by atoms with Crippen LogP contribution < -0.4 is 5.32 Å². The Bertz CT molecular complexity index is 1370. The summed E-state index contributed by atoms with van der Waals surface area (Å²) in [5, 5.41) is 16.6. The summed E-state index contributed by atoms with van der Waals surface area (Å²) in [7, 11) is 0. The zero-order valence-electron chi connectivity index (χ0n) is 18.2. The minimum atomic E-state index is -4.52. The van der Waals surface area contributed by atoms with E-state index in [4.69, 9.17) is 4.52 Å². The number of benzene rings is 2. The number of carbonyl (C=O) groups excluding carboxylic acids is 1. The lowest BCUT2D eigenvalue weighted by Gasteiger charge is -2.09. The molecule has 0 radical (unpaired) electrons. The Hall–Kier alpha value is -4.15. The van der Waals surface area contributed by atoms with Gasteiger partial charge in [-0.05, 0) is 55.8 Å². The largest absolute Gasteiger partial charge is 0.494 e. The van der Waals surface area contributed by atoms with Gasteiger partial charge in [-0.3, -0.25) is 9.79 Å². The average molecular weight is 471 g/mol. The molecule has 34 heavy (non-hydrogen) atoms. The second kappa shape index (κ2) is 9.00. The van der Waals surface area contributed by atoms with Crippen LogP contribution in [0.3, 0.4) is 0 Å². The van der Waals surface area contributed by atoms with Gasteiger partial charge in [-0.15, -0.1) is 0 Å². The van der Waals surface area contributed by atoms with E-state index in [1.165, 1.54) is 18.2 Å². The summed E-state index contributed by atoms with van der Waals surface area (Å²) in [6.45, 7) is 2.14. The first-order chi connectivity index (χ1) is 16.1. The topological polar surface area (TPSA) is 116 Å². The van der Waals surface area contributed by atoms with Gasteiger partial charge in [-0.2, -0.15) is 18.2 Å². The number of nitrogens with zero attached hydrogens (tertiary/aromatic N) is 3. The summed E-state index contributed by atoms with van der Waals surface area (Å²) in [4.78, 5) is 23.8. The van der Waals surface area contributed by atoms with E-state index in [1.54, 1.807) is 31.2 Å². The van der Waals surface area contributed by atoms with Gasteiger partial charge in [0.15, 0.2) is 11.7 Å². The van der Waals surface area contributed by atoms with Crippen LogP contribution in [0.5, 0.6) is 5.88 Å². The number of hydrogen-bond donors (Lipinski definition) is 3. The lowest BCUT2D eigenvalue weighted by molar-refractivity contribution is -0.123. The molecule has 11 heteroatoms. The van der Waals surface area contributed by atoms with Crippen molar-refractivity contribution < 1.29 is 27.6 Å². The molecule has 2 aromatic heterocycles. The van der Waals surface area contributed by atoms with Crippen molar-refractivity contribution in [2.45, 2.75) is 26.4 Å².